The van der Waals surface area contributed by atoms with Crippen LogP contribution in [0, 0.1) is 0 Å². The normalized spacial score (nSPS) is 11.8. The molecule has 0 fully saturated rings. The van der Waals surface area contributed by atoms with Crippen LogP contribution in [-0.2, 0) is 9.53 Å². The van der Waals surface area contributed by atoms with Crippen molar-refractivity contribution in [1.82, 2.24) is 4.98 Å². The molecule has 2 rings (SSSR count). The summed E-state index contributed by atoms with van der Waals surface area (Å²) in [6, 6.07) is 6.56. The molecule has 21 heavy (non-hydrogen) atoms. The number of hydrogen-bond acceptors (Lipinski definition) is 6. The average Bonchev–Trinajstić information content (AvgIpc) is 2.92. The molecule has 7 heteroatoms. The van der Waals surface area contributed by atoms with Crippen LogP contribution in [0.5, 0.6) is 5.75 Å². The van der Waals surface area contributed by atoms with Crippen molar-refractivity contribution >= 4 is 34.6 Å². The minimum atomic E-state index is -0.684. The van der Waals surface area contributed by atoms with Gasteiger partial charge in [0.2, 0.25) is 0 Å². The molecule has 1 atom stereocenters. The minimum Gasteiger partial charge on any atom is -0.497 e. The fourth-order valence-corrected chi connectivity index (χ4v) is 2.67. The van der Waals surface area contributed by atoms with Crippen LogP contribution in [-0.4, -0.2) is 24.7 Å². The maximum Gasteiger partial charge on any atom is 0.335 e. The molecule has 0 saturated heterocycles. The van der Waals surface area contributed by atoms with Crippen molar-refractivity contribution in [3.05, 3.63) is 39.8 Å². The number of hydrogen-bond donors (Lipinski definition) is 1. The Morgan fingerprint density at radius 2 is 2.14 bits per heavy atom. The van der Waals surface area contributed by atoms with Crippen LogP contribution in [0.25, 0.3) is 0 Å². The van der Waals surface area contributed by atoms with Crippen LogP contribution in [0.1, 0.15) is 18.0 Å². The van der Waals surface area contributed by atoms with Gasteiger partial charge in [0.25, 0.3) is 0 Å². The van der Waals surface area contributed by atoms with Crippen LogP contribution >= 0.6 is 22.9 Å². The summed E-state index contributed by atoms with van der Waals surface area (Å²) in [5, 5.41) is 3.67. The number of benzene rings is 1. The summed E-state index contributed by atoms with van der Waals surface area (Å²) < 4.78 is 10.7. The average molecular weight is 327 g/mol. The molecule has 112 valence electrons. The fourth-order valence-electron chi connectivity index (χ4n) is 1.70. The Bertz CT molecular complexity index is 601. The number of esters is 1. The predicted molar refractivity (Wildman–Crippen MR) is 83.1 cm³/mol. The molecule has 0 radical (unpaired) electrons. The number of thiazole rings is 1. The van der Waals surface area contributed by atoms with Gasteiger partial charge in [-0.3, -0.25) is 0 Å². The number of ether oxygens (including phenoxy) is 2. The van der Waals surface area contributed by atoms with Crippen molar-refractivity contribution < 1.29 is 14.3 Å². The van der Waals surface area contributed by atoms with Gasteiger partial charge in [-0.2, -0.15) is 0 Å². The number of rotatable bonds is 6. The summed E-state index contributed by atoms with van der Waals surface area (Å²) in [5.74, 6) is 0.352. The zero-order valence-electron chi connectivity index (χ0n) is 11.6. The second-order valence-electron chi connectivity index (χ2n) is 4.06. The summed E-state index contributed by atoms with van der Waals surface area (Å²) in [4.78, 5) is 16.2. The standard InChI is InChI=1S/C14H15ClN2O3S/c1-3-20-14(18)12(13-16-8-11(15)21-13)17-9-4-6-10(19-2)7-5-9/h4-8,12,17H,3H2,1-2H3. The van der Waals surface area contributed by atoms with Crippen LogP contribution in [0.2, 0.25) is 4.34 Å². The molecule has 1 N–H and O–H groups in total. The van der Waals surface area contributed by atoms with E-state index in [0.29, 0.717) is 16.0 Å². The molecule has 1 aromatic carbocycles. The van der Waals surface area contributed by atoms with Crippen molar-refractivity contribution in [2.45, 2.75) is 13.0 Å². The van der Waals surface area contributed by atoms with E-state index >= 15 is 0 Å². The van der Waals surface area contributed by atoms with E-state index in [1.54, 1.807) is 26.2 Å². The van der Waals surface area contributed by atoms with Crippen LogP contribution in [0.4, 0.5) is 5.69 Å². The summed E-state index contributed by atoms with van der Waals surface area (Å²) in [6.07, 6.45) is 1.52. The highest BCUT2D eigenvalue weighted by Gasteiger charge is 2.25. The molecule has 0 aliphatic rings. The van der Waals surface area contributed by atoms with E-state index in [1.165, 1.54) is 17.5 Å². The highest BCUT2D eigenvalue weighted by Crippen LogP contribution is 2.28. The number of halogens is 1. The summed E-state index contributed by atoms with van der Waals surface area (Å²) >= 11 is 7.13. The van der Waals surface area contributed by atoms with Gasteiger partial charge in [0.05, 0.1) is 19.9 Å². The lowest BCUT2D eigenvalue weighted by Gasteiger charge is -2.16. The molecule has 0 bridgehead atoms. The summed E-state index contributed by atoms with van der Waals surface area (Å²) in [6.45, 7) is 2.07. The monoisotopic (exact) mass is 326 g/mol. The van der Waals surface area contributed by atoms with E-state index in [-0.39, 0.29) is 5.97 Å². The second-order valence-corrected chi connectivity index (χ2v) is 5.75. The van der Waals surface area contributed by atoms with Gasteiger partial charge in [-0.15, -0.1) is 11.3 Å². The van der Waals surface area contributed by atoms with E-state index in [0.717, 1.165) is 11.4 Å². The number of anilines is 1. The second kappa shape index (κ2) is 7.28. The largest absolute Gasteiger partial charge is 0.497 e. The predicted octanol–water partition coefficient (Wildman–Crippen LogP) is 3.52. The highest BCUT2D eigenvalue weighted by molar-refractivity contribution is 7.16. The maximum atomic E-state index is 12.1. The molecule has 0 spiro atoms. The number of methoxy groups -OCH3 is 1. The number of carbonyl (C=O) groups is 1. The molecule has 1 unspecified atom stereocenters. The smallest absolute Gasteiger partial charge is 0.335 e. The van der Waals surface area contributed by atoms with Gasteiger partial charge >= 0.3 is 5.97 Å². The van der Waals surface area contributed by atoms with Crippen LogP contribution < -0.4 is 10.1 Å². The number of aromatic nitrogens is 1. The molecule has 1 heterocycles. The SMILES string of the molecule is CCOC(=O)C(Nc1ccc(OC)cc1)c1ncc(Cl)s1. The lowest BCUT2D eigenvalue weighted by molar-refractivity contribution is -0.144. The van der Waals surface area contributed by atoms with Crippen LogP contribution in [0.15, 0.2) is 30.5 Å². The topological polar surface area (TPSA) is 60.5 Å². The minimum absolute atomic E-state index is 0.304. The molecule has 0 aliphatic heterocycles. The molecule has 0 amide bonds. The Kier molecular flexibility index (Phi) is 5.41. The van der Waals surface area contributed by atoms with Crippen LogP contribution in [0.3, 0.4) is 0 Å². The molecular formula is C14H15ClN2O3S. The zero-order chi connectivity index (χ0) is 15.2. The van der Waals surface area contributed by atoms with Crippen molar-refractivity contribution in [1.29, 1.82) is 0 Å². The number of nitrogens with one attached hydrogen (secondary N) is 1. The Hall–Kier alpha value is -1.79. The van der Waals surface area contributed by atoms with E-state index in [4.69, 9.17) is 21.1 Å². The van der Waals surface area contributed by atoms with Gasteiger partial charge in [0, 0.05) is 5.69 Å². The Morgan fingerprint density at radius 1 is 1.43 bits per heavy atom. The van der Waals surface area contributed by atoms with Gasteiger partial charge in [-0.05, 0) is 31.2 Å². The van der Waals surface area contributed by atoms with E-state index in [9.17, 15) is 4.79 Å². The van der Waals surface area contributed by atoms with Crippen molar-refractivity contribution in [2.24, 2.45) is 0 Å². The lowest BCUT2D eigenvalue weighted by atomic mass is 10.2. The van der Waals surface area contributed by atoms with Gasteiger partial charge in [-0.25, -0.2) is 9.78 Å². The Balaban J connectivity index is 2.20. The van der Waals surface area contributed by atoms with Crippen molar-refractivity contribution in [3.63, 3.8) is 0 Å². The maximum absolute atomic E-state index is 12.1. The first-order chi connectivity index (χ1) is 10.1. The zero-order valence-corrected chi connectivity index (χ0v) is 13.2. The van der Waals surface area contributed by atoms with E-state index in [2.05, 4.69) is 10.3 Å². The van der Waals surface area contributed by atoms with E-state index in [1.807, 2.05) is 12.1 Å². The highest BCUT2D eigenvalue weighted by atomic mass is 35.5. The van der Waals surface area contributed by atoms with Gasteiger partial charge in [0.15, 0.2) is 6.04 Å². The molecule has 0 aliphatic carbocycles. The summed E-state index contributed by atoms with van der Waals surface area (Å²) in [7, 11) is 1.60. The number of carbonyl (C=O) groups excluding carboxylic acids is 1. The first kappa shape index (κ1) is 15.6. The third-order valence-corrected chi connectivity index (χ3v) is 3.85. The van der Waals surface area contributed by atoms with Gasteiger partial charge in [-0.1, -0.05) is 11.6 Å². The third kappa shape index (κ3) is 4.09. The molecule has 5 nitrogen and oxygen atoms in total. The molecule has 2 aromatic rings. The first-order valence-electron chi connectivity index (χ1n) is 6.32. The third-order valence-electron chi connectivity index (χ3n) is 2.67. The quantitative estimate of drug-likeness (QED) is 0.823. The molecule has 0 saturated carbocycles. The van der Waals surface area contributed by atoms with Gasteiger partial charge < -0.3 is 14.8 Å². The first-order valence-corrected chi connectivity index (χ1v) is 7.52. The van der Waals surface area contributed by atoms with Crippen molar-refractivity contribution in [2.75, 3.05) is 19.0 Å². The fraction of sp³-hybridized carbons (Fsp3) is 0.286. The van der Waals surface area contributed by atoms with Gasteiger partial charge in [0.1, 0.15) is 15.1 Å². The Labute approximate surface area is 131 Å². The lowest BCUT2D eigenvalue weighted by Crippen LogP contribution is -2.23. The summed E-state index contributed by atoms with van der Waals surface area (Å²) in [5.41, 5.74) is 0.764. The molecule has 1 aromatic heterocycles. The molecular weight excluding hydrogens is 312 g/mol. The van der Waals surface area contributed by atoms with E-state index < -0.39 is 6.04 Å². The Morgan fingerprint density at radius 3 is 2.67 bits per heavy atom. The van der Waals surface area contributed by atoms with Crippen molar-refractivity contribution in [3.8, 4) is 5.75 Å². The number of nitrogens with zero attached hydrogens (tertiary/aromatic N) is 1.